The van der Waals surface area contributed by atoms with Crippen LogP contribution in [0.2, 0.25) is 0 Å². The molecule has 0 aliphatic heterocycles. The Morgan fingerprint density at radius 1 is 1.36 bits per heavy atom. The highest BCUT2D eigenvalue weighted by atomic mass is 31.2. The highest BCUT2D eigenvalue weighted by Crippen LogP contribution is 2.39. The number of benzene rings is 1. The highest BCUT2D eigenvalue weighted by Gasteiger charge is 2.13. The molecular formula is C9H14BO3P. The zero-order valence-corrected chi connectivity index (χ0v) is 9.24. The minimum atomic E-state index is -2.10. The highest BCUT2D eigenvalue weighted by molar-refractivity contribution is 7.61. The minimum Gasteiger partial charge on any atom is -0.423 e. The van der Waals surface area contributed by atoms with Gasteiger partial charge < -0.3 is 14.6 Å². The van der Waals surface area contributed by atoms with Crippen molar-refractivity contribution in [2.45, 2.75) is 6.16 Å². The Balaban J connectivity index is 2.89. The standard InChI is InChI=1S/C9H14BO3P/c1-14(2,13)7-8-4-3-5-9(6-8)10(11)12/h3-6,11-12H,7H2,1-2H3. The summed E-state index contributed by atoms with van der Waals surface area (Å²) >= 11 is 0. The van der Waals surface area contributed by atoms with Crippen LogP contribution in [0.1, 0.15) is 5.56 Å². The van der Waals surface area contributed by atoms with Gasteiger partial charge in [0.1, 0.15) is 0 Å². The molecule has 0 radical (unpaired) electrons. The molecule has 0 aliphatic carbocycles. The van der Waals surface area contributed by atoms with Crippen molar-refractivity contribution in [3.63, 3.8) is 0 Å². The van der Waals surface area contributed by atoms with E-state index in [2.05, 4.69) is 0 Å². The van der Waals surface area contributed by atoms with E-state index < -0.39 is 14.3 Å². The summed E-state index contributed by atoms with van der Waals surface area (Å²) in [6.45, 7) is 3.43. The maximum atomic E-state index is 11.5. The van der Waals surface area contributed by atoms with E-state index in [4.69, 9.17) is 10.0 Å². The third-order valence-electron chi connectivity index (χ3n) is 1.81. The molecule has 0 bridgehead atoms. The van der Waals surface area contributed by atoms with Crippen LogP contribution in [0, 0.1) is 0 Å². The van der Waals surface area contributed by atoms with Gasteiger partial charge in [-0.2, -0.15) is 0 Å². The second-order valence-corrected chi connectivity index (χ2v) is 7.31. The summed E-state index contributed by atoms with van der Waals surface area (Å²) in [6.07, 6.45) is 0.494. The fourth-order valence-corrected chi connectivity index (χ4v) is 2.37. The largest absolute Gasteiger partial charge is 0.488 e. The van der Waals surface area contributed by atoms with Gasteiger partial charge in [-0.1, -0.05) is 24.3 Å². The zero-order chi connectivity index (χ0) is 10.8. The van der Waals surface area contributed by atoms with Crippen LogP contribution >= 0.6 is 7.14 Å². The molecule has 1 aromatic rings. The first-order valence-corrected chi connectivity index (χ1v) is 7.16. The van der Waals surface area contributed by atoms with Crippen LogP contribution in [0.4, 0.5) is 0 Å². The second kappa shape index (κ2) is 4.30. The summed E-state index contributed by atoms with van der Waals surface area (Å²) < 4.78 is 11.5. The van der Waals surface area contributed by atoms with Gasteiger partial charge in [-0.25, -0.2) is 0 Å². The molecule has 0 spiro atoms. The van der Waals surface area contributed by atoms with Crippen molar-refractivity contribution in [2.75, 3.05) is 13.3 Å². The lowest BCUT2D eigenvalue weighted by Crippen LogP contribution is -2.29. The molecule has 0 aliphatic rings. The third-order valence-corrected chi connectivity index (χ3v) is 2.94. The molecule has 14 heavy (non-hydrogen) atoms. The molecule has 76 valence electrons. The minimum absolute atomic E-state index is 0.441. The van der Waals surface area contributed by atoms with E-state index in [-0.39, 0.29) is 0 Å². The quantitative estimate of drug-likeness (QED) is 0.566. The van der Waals surface area contributed by atoms with Crippen molar-refractivity contribution in [3.05, 3.63) is 29.8 Å². The van der Waals surface area contributed by atoms with Crippen molar-refractivity contribution in [1.29, 1.82) is 0 Å². The van der Waals surface area contributed by atoms with E-state index in [1.807, 2.05) is 6.07 Å². The van der Waals surface area contributed by atoms with Crippen LogP contribution in [0.25, 0.3) is 0 Å². The normalized spacial score (nSPS) is 11.4. The van der Waals surface area contributed by atoms with Gasteiger partial charge in [-0.3, -0.25) is 0 Å². The Labute approximate surface area is 84.3 Å². The molecule has 0 fully saturated rings. The third kappa shape index (κ3) is 3.66. The van der Waals surface area contributed by atoms with Gasteiger partial charge in [0.05, 0.1) is 7.14 Å². The lowest BCUT2D eigenvalue weighted by molar-refractivity contribution is 0.425. The van der Waals surface area contributed by atoms with Crippen molar-refractivity contribution in [3.8, 4) is 0 Å². The first kappa shape index (κ1) is 11.5. The average molecular weight is 212 g/mol. The molecule has 1 rings (SSSR count). The van der Waals surface area contributed by atoms with Gasteiger partial charge in [0.25, 0.3) is 0 Å². The monoisotopic (exact) mass is 212 g/mol. The summed E-state index contributed by atoms with van der Waals surface area (Å²) in [5.74, 6) is 0. The Morgan fingerprint density at radius 2 is 2.00 bits per heavy atom. The van der Waals surface area contributed by atoms with Gasteiger partial charge in [0, 0.05) is 6.16 Å². The number of hydrogen-bond donors (Lipinski definition) is 2. The van der Waals surface area contributed by atoms with Crippen molar-refractivity contribution in [1.82, 2.24) is 0 Å². The van der Waals surface area contributed by atoms with E-state index >= 15 is 0 Å². The summed E-state index contributed by atoms with van der Waals surface area (Å²) in [5.41, 5.74) is 1.32. The molecule has 0 heterocycles. The SMILES string of the molecule is CP(C)(=O)Cc1cccc(B(O)O)c1. The van der Waals surface area contributed by atoms with Crippen LogP contribution in [-0.2, 0) is 10.7 Å². The van der Waals surface area contributed by atoms with Crippen LogP contribution in [0.3, 0.4) is 0 Å². The van der Waals surface area contributed by atoms with Crippen LogP contribution in [0.5, 0.6) is 0 Å². The van der Waals surface area contributed by atoms with E-state index in [1.165, 1.54) is 0 Å². The van der Waals surface area contributed by atoms with Gasteiger partial charge in [0.2, 0.25) is 0 Å². The number of rotatable bonds is 3. The number of hydrogen-bond acceptors (Lipinski definition) is 3. The lowest BCUT2D eigenvalue weighted by Gasteiger charge is -2.07. The fraction of sp³-hybridized carbons (Fsp3) is 0.333. The summed E-state index contributed by atoms with van der Waals surface area (Å²) in [5, 5.41) is 17.9. The second-order valence-electron chi connectivity index (χ2n) is 3.85. The molecule has 0 amide bonds. The van der Waals surface area contributed by atoms with E-state index in [0.717, 1.165) is 5.56 Å². The maximum Gasteiger partial charge on any atom is 0.488 e. The predicted octanol–water partition coefficient (Wildman–Crippen LogP) is 0.489. The maximum absolute atomic E-state index is 11.5. The first-order valence-electron chi connectivity index (χ1n) is 4.37. The molecule has 3 nitrogen and oxygen atoms in total. The van der Waals surface area contributed by atoms with Crippen LogP contribution in [-0.4, -0.2) is 30.5 Å². The van der Waals surface area contributed by atoms with E-state index in [0.29, 0.717) is 11.6 Å². The Kier molecular flexibility index (Phi) is 3.54. The molecular weight excluding hydrogens is 198 g/mol. The smallest absolute Gasteiger partial charge is 0.423 e. The predicted molar refractivity (Wildman–Crippen MR) is 59.4 cm³/mol. The molecule has 0 unspecified atom stereocenters. The van der Waals surface area contributed by atoms with Gasteiger partial charge in [-0.15, -0.1) is 0 Å². The van der Waals surface area contributed by atoms with Gasteiger partial charge in [-0.05, 0) is 24.4 Å². The topological polar surface area (TPSA) is 57.5 Å². The summed E-state index contributed by atoms with van der Waals surface area (Å²) in [4.78, 5) is 0. The molecule has 1 aromatic carbocycles. The molecule has 5 heteroatoms. The molecule has 0 aromatic heterocycles. The molecule has 0 saturated carbocycles. The van der Waals surface area contributed by atoms with Gasteiger partial charge >= 0.3 is 7.12 Å². The zero-order valence-electron chi connectivity index (χ0n) is 8.34. The Morgan fingerprint density at radius 3 is 2.50 bits per heavy atom. The summed E-state index contributed by atoms with van der Waals surface area (Å²) in [7, 11) is -3.56. The van der Waals surface area contributed by atoms with E-state index in [1.54, 1.807) is 31.5 Å². The van der Waals surface area contributed by atoms with Crippen LogP contribution in [0.15, 0.2) is 24.3 Å². The van der Waals surface area contributed by atoms with Crippen molar-refractivity contribution in [2.24, 2.45) is 0 Å². The summed E-state index contributed by atoms with van der Waals surface area (Å²) in [6, 6.07) is 6.88. The average Bonchev–Trinajstić information content (AvgIpc) is 2.01. The van der Waals surface area contributed by atoms with E-state index in [9.17, 15) is 4.57 Å². The van der Waals surface area contributed by atoms with Crippen molar-refractivity contribution >= 4 is 19.7 Å². The lowest BCUT2D eigenvalue weighted by atomic mass is 9.80. The fourth-order valence-electron chi connectivity index (χ4n) is 1.29. The molecule has 0 atom stereocenters. The van der Waals surface area contributed by atoms with Gasteiger partial charge in [0.15, 0.2) is 0 Å². The Bertz CT molecular complexity index is 359. The molecule has 2 N–H and O–H groups in total. The first-order chi connectivity index (χ1) is 6.38. The van der Waals surface area contributed by atoms with Crippen molar-refractivity contribution < 1.29 is 14.6 Å². The molecule has 0 saturated heterocycles. The van der Waals surface area contributed by atoms with Crippen LogP contribution < -0.4 is 5.46 Å². The Hall–Kier alpha value is -0.565.